The van der Waals surface area contributed by atoms with Crippen molar-refractivity contribution >= 4 is 23.0 Å². The number of H-pyrrole nitrogens is 1. The molecular formula is C17H20N6O3. The number of nitrogens with zero attached hydrogens (tertiary/aromatic N) is 4. The second-order valence-corrected chi connectivity index (χ2v) is 7.16. The smallest absolute Gasteiger partial charge is 0.410 e. The fourth-order valence-electron chi connectivity index (χ4n) is 2.85. The van der Waals surface area contributed by atoms with Gasteiger partial charge in [0.15, 0.2) is 0 Å². The van der Waals surface area contributed by atoms with Crippen molar-refractivity contribution < 1.29 is 14.3 Å². The van der Waals surface area contributed by atoms with Crippen molar-refractivity contribution in [2.75, 3.05) is 13.1 Å². The van der Waals surface area contributed by atoms with Gasteiger partial charge in [-0.1, -0.05) is 0 Å². The lowest BCUT2D eigenvalue weighted by Crippen LogP contribution is -2.41. The number of carbonyl (C=O) groups is 2. The topological polar surface area (TPSA) is 124 Å². The quantitative estimate of drug-likeness (QED) is 0.839. The van der Waals surface area contributed by atoms with E-state index in [1.807, 2.05) is 0 Å². The molecule has 0 aliphatic carbocycles. The van der Waals surface area contributed by atoms with Crippen LogP contribution in [0.25, 0.3) is 11.0 Å². The van der Waals surface area contributed by atoms with Crippen molar-refractivity contribution in [3.05, 3.63) is 24.3 Å². The zero-order valence-electron chi connectivity index (χ0n) is 14.8. The Labute approximate surface area is 150 Å². The first kappa shape index (κ1) is 17.7. The summed E-state index contributed by atoms with van der Waals surface area (Å²) < 4.78 is 5.34. The minimum absolute atomic E-state index is 0.208. The number of aromatic amines is 1. The summed E-state index contributed by atoms with van der Waals surface area (Å²) in [6, 6.07) is 3.37. The molecule has 1 aliphatic heterocycles. The average molecular weight is 356 g/mol. The summed E-state index contributed by atoms with van der Waals surface area (Å²) in [5.41, 5.74) is 0.161. The molecule has 1 saturated heterocycles. The number of aromatic nitrogens is 3. The van der Waals surface area contributed by atoms with Crippen LogP contribution in [-0.2, 0) is 4.74 Å². The third-order valence-corrected chi connectivity index (χ3v) is 4.02. The molecule has 0 bridgehead atoms. The van der Waals surface area contributed by atoms with Crippen LogP contribution < -0.4 is 5.32 Å². The van der Waals surface area contributed by atoms with Gasteiger partial charge in [0.25, 0.3) is 5.91 Å². The summed E-state index contributed by atoms with van der Waals surface area (Å²) in [5, 5.41) is 12.8. The number of nitrogens with one attached hydrogen (secondary N) is 2. The van der Waals surface area contributed by atoms with Crippen molar-refractivity contribution in [2.24, 2.45) is 5.92 Å². The molecule has 1 aliphatic rings. The van der Waals surface area contributed by atoms with Gasteiger partial charge in [-0.15, -0.1) is 0 Å². The third-order valence-electron chi connectivity index (χ3n) is 4.02. The molecule has 9 nitrogen and oxygen atoms in total. The van der Waals surface area contributed by atoms with Crippen LogP contribution in [0.2, 0.25) is 0 Å². The highest BCUT2D eigenvalue weighted by atomic mass is 16.6. The van der Waals surface area contributed by atoms with Crippen LogP contribution >= 0.6 is 0 Å². The number of amides is 2. The highest BCUT2D eigenvalue weighted by molar-refractivity contribution is 6.03. The second kappa shape index (κ2) is 6.63. The predicted octanol–water partition coefficient (Wildman–Crippen LogP) is 1.45. The van der Waals surface area contributed by atoms with Gasteiger partial charge in [0.1, 0.15) is 23.3 Å². The minimum atomic E-state index is -0.624. The van der Waals surface area contributed by atoms with Gasteiger partial charge in [-0.3, -0.25) is 4.79 Å². The molecule has 0 saturated carbocycles. The van der Waals surface area contributed by atoms with E-state index in [0.29, 0.717) is 11.0 Å². The van der Waals surface area contributed by atoms with E-state index in [1.54, 1.807) is 33.0 Å². The zero-order valence-corrected chi connectivity index (χ0v) is 14.8. The molecule has 2 aromatic heterocycles. The van der Waals surface area contributed by atoms with Crippen LogP contribution in [0.1, 0.15) is 31.3 Å². The van der Waals surface area contributed by atoms with E-state index >= 15 is 0 Å². The molecule has 3 rings (SSSR count). The van der Waals surface area contributed by atoms with Gasteiger partial charge in [0.05, 0.1) is 23.4 Å². The lowest BCUT2D eigenvalue weighted by atomic mass is 10.1. The number of likely N-dealkylation sites (tertiary alicyclic amines) is 1. The van der Waals surface area contributed by atoms with Crippen molar-refractivity contribution in [3.63, 3.8) is 0 Å². The summed E-state index contributed by atoms with van der Waals surface area (Å²) in [7, 11) is 0. The number of ether oxygens (including phenoxy) is 1. The molecular weight excluding hydrogens is 336 g/mol. The summed E-state index contributed by atoms with van der Waals surface area (Å²) in [4.78, 5) is 37.3. The number of nitriles is 1. The van der Waals surface area contributed by atoms with E-state index in [2.05, 4.69) is 26.3 Å². The Balaban J connectivity index is 1.73. The largest absolute Gasteiger partial charge is 0.444 e. The SMILES string of the molecule is CC(C)(C)OC(=O)N1CC(C#N)C(NC(=O)c2ncnc3[nH]ccc23)C1. The molecule has 0 aromatic carbocycles. The molecule has 2 unspecified atom stereocenters. The van der Waals surface area contributed by atoms with E-state index in [1.165, 1.54) is 11.2 Å². The van der Waals surface area contributed by atoms with E-state index in [0.717, 1.165) is 0 Å². The molecule has 1 fully saturated rings. The predicted molar refractivity (Wildman–Crippen MR) is 92.1 cm³/mol. The van der Waals surface area contributed by atoms with E-state index in [-0.39, 0.29) is 18.8 Å². The summed E-state index contributed by atoms with van der Waals surface area (Å²) in [6.07, 6.45) is 2.48. The Morgan fingerprint density at radius 3 is 2.85 bits per heavy atom. The fraction of sp³-hybridized carbons (Fsp3) is 0.471. The maximum atomic E-state index is 12.6. The number of hydrogen-bond acceptors (Lipinski definition) is 6. The van der Waals surface area contributed by atoms with Gasteiger partial charge in [-0.25, -0.2) is 14.8 Å². The van der Waals surface area contributed by atoms with Crippen LogP contribution in [0.15, 0.2) is 18.6 Å². The van der Waals surface area contributed by atoms with Gasteiger partial charge in [0.2, 0.25) is 0 Å². The standard InChI is InChI=1S/C17H20N6O3/c1-17(2,3)26-16(25)23-7-10(6-18)12(8-23)22-15(24)13-11-4-5-19-14(11)21-9-20-13/h4-5,9-10,12H,7-8H2,1-3H3,(H,22,24)(H,19,20,21). The van der Waals surface area contributed by atoms with Crippen molar-refractivity contribution in [1.29, 1.82) is 5.26 Å². The zero-order chi connectivity index (χ0) is 18.9. The van der Waals surface area contributed by atoms with E-state index < -0.39 is 29.6 Å². The summed E-state index contributed by atoms with van der Waals surface area (Å²) >= 11 is 0. The first-order chi connectivity index (χ1) is 12.3. The highest BCUT2D eigenvalue weighted by Crippen LogP contribution is 2.21. The maximum Gasteiger partial charge on any atom is 0.410 e. The van der Waals surface area contributed by atoms with Gasteiger partial charge >= 0.3 is 6.09 Å². The van der Waals surface area contributed by atoms with Gasteiger partial charge < -0.3 is 19.9 Å². The highest BCUT2D eigenvalue weighted by Gasteiger charge is 2.38. The van der Waals surface area contributed by atoms with Gasteiger partial charge in [0, 0.05) is 19.3 Å². The number of carbonyl (C=O) groups excluding carboxylic acids is 2. The first-order valence-corrected chi connectivity index (χ1v) is 8.25. The van der Waals surface area contributed by atoms with Crippen molar-refractivity contribution in [3.8, 4) is 6.07 Å². The molecule has 2 aromatic rings. The maximum absolute atomic E-state index is 12.6. The Morgan fingerprint density at radius 2 is 2.15 bits per heavy atom. The summed E-state index contributed by atoms with van der Waals surface area (Å²) in [5.74, 6) is -0.927. The Bertz CT molecular complexity index is 878. The van der Waals surface area contributed by atoms with Crippen LogP contribution in [0.3, 0.4) is 0 Å². The number of fused-ring (bicyclic) bond motifs is 1. The van der Waals surface area contributed by atoms with Crippen LogP contribution in [0.5, 0.6) is 0 Å². The monoisotopic (exact) mass is 356 g/mol. The van der Waals surface area contributed by atoms with Gasteiger partial charge in [-0.2, -0.15) is 5.26 Å². The Kier molecular flexibility index (Phi) is 4.50. The Hall–Kier alpha value is -3.15. The Morgan fingerprint density at radius 1 is 1.38 bits per heavy atom. The lowest BCUT2D eigenvalue weighted by Gasteiger charge is -2.24. The van der Waals surface area contributed by atoms with Crippen LogP contribution in [-0.4, -0.2) is 56.6 Å². The second-order valence-electron chi connectivity index (χ2n) is 7.16. The minimum Gasteiger partial charge on any atom is -0.444 e. The van der Waals surface area contributed by atoms with Crippen molar-refractivity contribution in [2.45, 2.75) is 32.4 Å². The van der Waals surface area contributed by atoms with Crippen LogP contribution in [0, 0.1) is 17.2 Å². The summed E-state index contributed by atoms with van der Waals surface area (Å²) in [6.45, 7) is 5.75. The molecule has 0 radical (unpaired) electrons. The lowest BCUT2D eigenvalue weighted by molar-refractivity contribution is 0.0287. The van der Waals surface area contributed by atoms with E-state index in [9.17, 15) is 14.9 Å². The fourth-order valence-corrected chi connectivity index (χ4v) is 2.85. The average Bonchev–Trinajstić information content (AvgIpc) is 3.19. The molecule has 26 heavy (non-hydrogen) atoms. The van der Waals surface area contributed by atoms with Gasteiger partial charge in [-0.05, 0) is 26.8 Å². The number of rotatable bonds is 2. The van der Waals surface area contributed by atoms with E-state index in [4.69, 9.17) is 4.74 Å². The molecule has 2 atom stereocenters. The first-order valence-electron chi connectivity index (χ1n) is 8.25. The molecule has 0 spiro atoms. The molecule has 3 heterocycles. The molecule has 2 N–H and O–H groups in total. The molecule has 9 heteroatoms. The molecule has 136 valence electrons. The van der Waals surface area contributed by atoms with Crippen molar-refractivity contribution in [1.82, 2.24) is 25.2 Å². The third kappa shape index (κ3) is 3.59. The number of hydrogen-bond donors (Lipinski definition) is 2. The molecule has 2 amide bonds. The normalized spacial score (nSPS) is 20.0. The van der Waals surface area contributed by atoms with Crippen LogP contribution in [0.4, 0.5) is 4.79 Å².